The fraction of sp³-hybridized carbons (Fsp3) is 0.188. The molecule has 3 rings (SSSR count). The lowest BCUT2D eigenvalue weighted by Crippen LogP contribution is -2.12. The average Bonchev–Trinajstić information content (AvgIpc) is 3.02. The van der Waals surface area contributed by atoms with Crippen LogP contribution in [-0.4, -0.2) is 17.1 Å². The van der Waals surface area contributed by atoms with Gasteiger partial charge in [0.2, 0.25) is 0 Å². The fourth-order valence-corrected chi connectivity index (χ4v) is 3.16. The standard InChI is InChI=1S/C16H14FNO2S/c1-2-20-16(19)14-9-15-13(6-7-21-15)18(14)10-11-4-3-5-12(17)8-11/h3-9H,2,10H2,1H3. The van der Waals surface area contributed by atoms with Crippen molar-refractivity contribution in [2.45, 2.75) is 13.5 Å². The quantitative estimate of drug-likeness (QED) is 0.680. The van der Waals surface area contributed by atoms with Gasteiger partial charge in [0.05, 0.1) is 16.8 Å². The molecular weight excluding hydrogens is 289 g/mol. The summed E-state index contributed by atoms with van der Waals surface area (Å²) in [4.78, 5) is 12.1. The Bertz CT molecular complexity index is 791. The molecule has 0 amide bonds. The van der Waals surface area contributed by atoms with Gasteiger partial charge in [0, 0.05) is 6.54 Å². The summed E-state index contributed by atoms with van der Waals surface area (Å²) in [5.74, 6) is -0.629. The Hall–Kier alpha value is -2.14. The van der Waals surface area contributed by atoms with Crippen LogP contribution in [0.2, 0.25) is 0 Å². The summed E-state index contributed by atoms with van der Waals surface area (Å²) in [6.45, 7) is 2.55. The number of benzene rings is 1. The van der Waals surface area contributed by atoms with Crippen molar-refractivity contribution in [3.63, 3.8) is 0 Å². The first-order valence-electron chi connectivity index (χ1n) is 6.67. The summed E-state index contributed by atoms with van der Waals surface area (Å²) >= 11 is 1.57. The molecule has 0 N–H and O–H groups in total. The van der Waals surface area contributed by atoms with E-state index in [4.69, 9.17) is 4.74 Å². The molecule has 0 fully saturated rings. The van der Waals surface area contributed by atoms with Crippen LogP contribution in [0.15, 0.2) is 41.8 Å². The third kappa shape index (κ3) is 2.69. The second-order valence-electron chi connectivity index (χ2n) is 4.64. The minimum Gasteiger partial charge on any atom is -0.461 e. The molecule has 2 heterocycles. The molecule has 0 radical (unpaired) electrons. The molecule has 5 heteroatoms. The lowest BCUT2D eigenvalue weighted by Gasteiger charge is -2.10. The van der Waals surface area contributed by atoms with Gasteiger partial charge in [-0.3, -0.25) is 0 Å². The van der Waals surface area contributed by atoms with Gasteiger partial charge in [0.15, 0.2) is 0 Å². The number of thiophene rings is 1. The molecule has 0 bridgehead atoms. The van der Waals surface area contributed by atoms with Crippen LogP contribution in [0, 0.1) is 5.82 Å². The van der Waals surface area contributed by atoms with Crippen LogP contribution in [0.25, 0.3) is 10.2 Å². The number of rotatable bonds is 4. The van der Waals surface area contributed by atoms with E-state index in [1.54, 1.807) is 24.3 Å². The van der Waals surface area contributed by atoms with Crippen molar-refractivity contribution in [1.82, 2.24) is 4.57 Å². The van der Waals surface area contributed by atoms with E-state index in [-0.39, 0.29) is 11.8 Å². The Morgan fingerprint density at radius 3 is 2.95 bits per heavy atom. The predicted octanol–water partition coefficient (Wildman–Crippen LogP) is 4.07. The van der Waals surface area contributed by atoms with E-state index in [1.165, 1.54) is 12.1 Å². The van der Waals surface area contributed by atoms with E-state index >= 15 is 0 Å². The number of hydrogen-bond donors (Lipinski definition) is 0. The summed E-state index contributed by atoms with van der Waals surface area (Å²) in [6.07, 6.45) is 0. The number of aromatic nitrogens is 1. The summed E-state index contributed by atoms with van der Waals surface area (Å²) in [5, 5.41) is 1.97. The maximum Gasteiger partial charge on any atom is 0.355 e. The maximum atomic E-state index is 13.3. The van der Waals surface area contributed by atoms with Gasteiger partial charge in [-0.25, -0.2) is 9.18 Å². The van der Waals surface area contributed by atoms with Gasteiger partial charge in [0.25, 0.3) is 0 Å². The molecule has 0 atom stereocenters. The Balaban J connectivity index is 2.04. The zero-order valence-corrected chi connectivity index (χ0v) is 12.3. The highest BCUT2D eigenvalue weighted by molar-refractivity contribution is 7.17. The molecule has 0 unspecified atom stereocenters. The zero-order valence-electron chi connectivity index (χ0n) is 11.5. The van der Waals surface area contributed by atoms with Crippen molar-refractivity contribution >= 4 is 27.5 Å². The highest BCUT2D eigenvalue weighted by Crippen LogP contribution is 2.26. The topological polar surface area (TPSA) is 31.2 Å². The minimum atomic E-state index is -0.350. The number of hydrogen-bond acceptors (Lipinski definition) is 3. The lowest BCUT2D eigenvalue weighted by molar-refractivity contribution is 0.0515. The van der Waals surface area contributed by atoms with Crippen LogP contribution in [-0.2, 0) is 11.3 Å². The third-order valence-electron chi connectivity index (χ3n) is 3.24. The third-order valence-corrected chi connectivity index (χ3v) is 4.09. The van der Waals surface area contributed by atoms with Crippen molar-refractivity contribution in [2.75, 3.05) is 6.61 Å². The van der Waals surface area contributed by atoms with E-state index in [0.29, 0.717) is 18.8 Å². The molecule has 0 spiro atoms. The number of halogens is 1. The molecule has 0 aliphatic carbocycles. The highest BCUT2D eigenvalue weighted by Gasteiger charge is 2.17. The monoisotopic (exact) mass is 303 g/mol. The fourth-order valence-electron chi connectivity index (χ4n) is 2.34. The molecule has 108 valence electrons. The number of nitrogens with zero attached hydrogens (tertiary/aromatic N) is 1. The van der Waals surface area contributed by atoms with Gasteiger partial charge >= 0.3 is 5.97 Å². The van der Waals surface area contributed by atoms with Crippen LogP contribution in [0.1, 0.15) is 23.0 Å². The second-order valence-corrected chi connectivity index (χ2v) is 5.58. The van der Waals surface area contributed by atoms with Crippen LogP contribution in [0.5, 0.6) is 0 Å². The van der Waals surface area contributed by atoms with Crippen LogP contribution in [0.3, 0.4) is 0 Å². The minimum absolute atomic E-state index is 0.279. The van der Waals surface area contributed by atoms with Crippen molar-refractivity contribution < 1.29 is 13.9 Å². The summed E-state index contributed by atoms with van der Waals surface area (Å²) in [5.41, 5.74) is 2.28. The van der Waals surface area contributed by atoms with Gasteiger partial charge < -0.3 is 9.30 Å². The molecule has 3 nitrogen and oxygen atoms in total. The molecule has 0 aliphatic heterocycles. The van der Waals surface area contributed by atoms with E-state index < -0.39 is 0 Å². The molecule has 21 heavy (non-hydrogen) atoms. The largest absolute Gasteiger partial charge is 0.461 e. The normalized spacial score (nSPS) is 11.0. The molecular formula is C16H14FNO2S. The second kappa shape index (κ2) is 5.69. The van der Waals surface area contributed by atoms with Gasteiger partial charge in [-0.05, 0) is 42.1 Å². The predicted molar refractivity (Wildman–Crippen MR) is 81.3 cm³/mol. The van der Waals surface area contributed by atoms with E-state index in [2.05, 4.69) is 0 Å². The number of carbonyl (C=O) groups is 1. The summed E-state index contributed by atoms with van der Waals surface area (Å²) in [6, 6.07) is 10.2. The molecule has 0 saturated carbocycles. The van der Waals surface area contributed by atoms with Crippen molar-refractivity contribution in [1.29, 1.82) is 0 Å². The zero-order chi connectivity index (χ0) is 14.8. The Kier molecular flexibility index (Phi) is 3.75. The van der Waals surface area contributed by atoms with E-state index in [9.17, 15) is 9.18 Å². The molecule has 0 aliphatic rings. The lowest BCUT2D eigenvalue weighted by atomic mass is 10.2. The first-order chi connectivity index (χ1) is 10.2. The van der Waals surface area contributed by atoms with Crippen LogP contribution >= 0.6 is 11.3 Å². The Morgan fingerprint density at radius 1 is 1.33 bits per heavy atom. The Morgan fingerprint density at radius 2 is 2.19 bits per heavy atom. The first kappa shape index (κ1) is 13.8. The first-order valence-corrected chi connectivity index (χ1v) is 7.55. The maximum absolute atomic E-state index is 13.3. The molecule has 2 aromatic heterocycles. The van der Waals surface area contributed by atoms with Crippen LogP contribution in [0.4, 0.5) is 4.39 Å². The van der Waals surface area contributed by atoms with Gasteiger partial charge in [0.1, 0.15) is 11.5 Å². The summed E-state index contributed by atoms with van der Waals surface area (Å²) < 4.78 is 21.3. The molecule has 1 aromatic carbocycles. The Labute approximate surface area is 125 Å². The molecule has 0 saturated heterocycles. The van der Waals surface area contributed by atoms with E-state index in [1.807, 2.05) is 28.1 Å². The SMILES string of the molecule is CCOC(=O)c1cc2sccc2n1Cc1cccc(F)c1. The van der Waals surface area contributed by atoms with Crippen molar-refractivity contribution in [3.8, 4) is 0 Å². The van der Waals surface area contributed by atoms with Crippen LogP contribution < -0.4 is 0 Å². The van der Waals surface area contributed by atoms with Gasteiger partial charge in [-0.1, -0.05) is 12.1 Å². The smallest absolute Gasteiger partial charge is 0.355 e. The molecule has 3 aromatic rings. The number of ether oxygens (including phenoxy) is 1. The van der Waals surface area contributed by atoms with Crippen molar-refractivity contribution in [3.05, 3.63) is 58.9 Å². The highest BCUT2D eigenvalue weighted by atomic mass is 32.1. The van der Waals surface area contributed by atoms with Gasteiger partial charge in [-0.15, -0.1) is 11.3 Å². The van der Waals surface area contributed by atoms with Crippen molar-refractivity contribution in [2.24, 2.45) is 0 Å². The number of esters is 1. The number of fused-ring (bicyclic) bond motifs is 1. The van der Waals surface area contributed by atoms with E-state index in [0.717, 1.165) is 15.8 Å². The number of carbonyl (C=O) groups excluding carboxylic acids is 1. The summed E-state index contributed by atoms with van der Waals surface area (Å²) in [7, 11) is 0. The van der Waals surface area contributed by atoms with Gasteiger partial charge in [-0.2, -0.15) is 0 Å². The average molecular weight is 303 g/mol.